The van der Waals surface area contributed by atoms with E-state index in [0.717, 1.165) is 22.8 Å². The SMILES string of the molecule is CC(C)(C)[Si](O/N=C/[C@H](OC(=O)c1ccccc1)[C@@H](OC(=O)c1ccccc1)[C@H](OC(=O)c1ccccc1)[C@@H](COC(=O)c1ccccc1)OS(C)(=O)=O)(c1ccccc1)c1ccccc1. The number of oxime groups is 1. The summed E-state index contributed by atoms with van der Waals surface area (Å²) >= 11 is 0. The Labute approximate surface area is 385 Å². The highest BCUT2D eigenvalue weighted by Gasteiger charge is 2.53. The van der Waals surface area contributed by atoms with Gasteiger partial charge in [0, 0.05) is 5.04 Å². The second-order valence-corrected chi connectivity index (χ2v) is 21.8. The van der Waals surface area contributed by atoms with E-state index >= 15 is 0 Å². The lowest BCUT2D eigenvalue weighted by Gasteiger charge is -2.40. The number of rotatable bonds is 19. The molecule has 0 fully saturated rings. The maximum absolute atomic E-state index is 14.3. The Kier molecular flexibility index (Phi) is 16.2. The van der Waals surface area contributed by atoms with E-state index in [-0.39, 0.29) is 22.3 Å². The average Bonchev–Trinajstić information content (AvgIpc) is 3.33. The van der Waals surface area contributed by atoms with E-state index in [4.69, 9.17) is 27.7 Å². The van der Waals surface area contributed by atoms with Crippen LogP contribution in [0.3, 0.4) is 0 Å². The summed E-state index contributed by atoms with van der Waals surface area (Å²) in [6, 6.07) is 50.3. The summed E-state index contributed by atoms with van der Waals surface area (Å²) in [6.45, 7) is 5.20. The summed E-state index contributed by atoms with van der Waals surface area (Å²) in [4.78, 5) is 55.9. The minimum atomic E-state index is -4.48. The van der Waals surface area contributed by atoms with E-state index in [9.17, 15) is 27.6 Å². The Morgan fingerprint density at radius 3 is 1.26 bits per heavy atom. The van der Waals surface area contributed by atoms with Gasteiger partial charge in [-0.2, -0.15) is 8.42 Å². The number of carbonyl (C=O) groups excluding carboxylic acids is 4. The predicted octanol–water partition coefficient (Wildman–Crippen LogP) is 7.43. The van der Waals surface area contributed by atoms with Crippen molar-refractivity contribution in [2.45, 2.75) is 50.2 Å². The van der Waals surface area contributed by atoms with E-state index in [1.807, 2.05) is 81.4 Å². The molecule has 0 bridgehead atoms. The van der Waals surface area contributed by atoms with Gasteiger partial charge in [-0.3, -0.25) is 4.18 Å². The van der Waals surface area contributed by atoms with Gasteiger partial charge in [0.25, 0.3) is 10.1 Å². The van der Waals surface area contributed by atoms with E-state index in [1.165, 1.54) is 48.5 Å². The third-order valence-corrected chi connectivity index (χ3v) is 15.7. The first-order chi connectivity index (χ1) is 31.7. The number of esters is 4. The number of benzene rings is 6. The second kappa shape index (κ2) is 22.1. The number of ether oxygens (including phenoxy) is 4. The molecule has 0 aliphatic rings. The van der Waals surface area contributed by atoms with Gasteiger partial charge in [0.15, 0.2) is 24.4 Å². The summed E-state index contributed by atoms with van der Waals surface area (Å²) < 4.78 is 62.7. The normalized spacial score (nSPS) is 13.6. The molecule has 15 heteroatoms. The first-order valence-corrected chi connectivity index (χ1v) is 24.6. The van der Waals surface area contributed by atoms with Gasteiger partial charge >= 0.3 is 32.2 Å². The third-order valence-electron chi connectivity index (χ3n) is 10.3. The van der Waals surface area contributed by atoms with Crippen molar-refractivity contribution in [2.75, 3.05) is 12.9 Å². The number of hydrogen-bond acceptors (Lipinski definition) is 13. The van der Waals surface area contributed by atoms with Crippen LogP contribution in [-0.2, 0) is 37.8 Å². The van der Waals surface area contributed by atoms with Gasteiger partial charge in [0.1, 0.15) is 6.61 Å². The van der Waals surface area contributed by atoms with Gasteiger partial charge in [-0.05, 0) is 58.9 Å². The second-order valence-electron chi connectivity index (χ2n) is 16.0. The average molecular weight is 928 g/mol. The van der Waals surface area contributed by atoms with E-state index < -0.39 is 78.4 Å². The minimum absolute atomic E-state index is 0.0107. The summed E-state index contributed by atoms with van der Waals surface area (Å²) in [7, 11) is -7.93. The largest absolute Gasteiger partial charge is 0.459 e. The van der Waals surface area contributed by atoms with Crippen molar-refractivity contribution in [2.24, 2.45) is 5.16 Å². The molecule has 0 spiro atoms. The third kappa shape index (κ3) is 12.5. The molecule has 340 valence electrons. The number of nitrogens with zero attached hydrogens (tertiary/aromatic N) is 1. The van der Waals surface area contributed by atoms with Crippen LogP contribution in [-0.4, -0.2) is 84.1 Å². The van der Waals surface area contributed by atoms with Crippen LogP contribution in [0.25, 0.3) is 0 Å². The zero-order valence-corrected chi connectivity index (χ0v) is 38.5. The fourth-order valence-electron chi connectivity index (χ4n) is 7.16. The molecule has 0 saturated carbocycles. The van der Waals surface area contributed by atoms with Crippen molar-refractivity contribution >= 4 is 58.9 Å². The standard InChI is InChI=1S/C51H49NO12SSi/c1-51(2,3)66(41-31-19-9-20-32-41,42-33-21-10-22-34-42)64-52-35-43(60-48(54)38-25-13-6-14-26-38)45(61-49(55)39-27-15-7-16-28-39)46(62-50(56)40-29-17-8-18-30-40)44(63-65(4,57)58)36-59-47(53)37-23-11-5-12-24-37/h5-35,43-46H,36H2,1-4H3/b52-35+/t43-,44+,45+,46+/m0/s1. The van der Waals surface area contributed by atoms with Crippen LogP contribution in [0, 0.1) is 0 Å². The predicted molar refractivity (Wildman–Crippen MR) is 251 cm³/mol. The Hall–Kier alpha value is -7.20. The highest BCUT2D eigenvalue weighted by Crippen LogP contribution is 2.37. The number of carbonyl (C=O) groups is 4. The fourth-order valence-corrected chi connectivity index (χ4v) is 11.9. The Morgan fingerprint density at radius 2 is 0.879 bits per heavy atom. The Balaban J connectivity index is 1.55. The van der Waals surface area contributed by atoms with Crippen LogP contribution in [0.4, 0.5) is 0 Å². The molecule has 4 atom stereocenters. The summed E-state index contributed by atoms with van der Waals surface area (Å²) in [6.07, 6.45) is -5.92. The monoisotopic (exact) mass is 927 g/mol. The molecule has 0 radical (unpaired) electrons. The van der Waals surface area contributed by atoms with Crippen LogP contribution in [0.5, 0.6) is 0 Å². The molecule has 0 N–H and O–H groups in total. The van der Waals surface area contributed by atoms with Gasteiger partial charge in [0.2, 0.25) is 0 Å². The molecule has 66 heavy (non-hydrogen) atoms. The minimum Gasteiger partial charge on any atom is -0.459 e. The summed E-state index contributed by atoms with van der Waals surface area (Å²) in [5.74, 6) is -3.83. The molecule has 6 aromatic rings. The maximum Gasteiger partial charge on any atom is 0.354 e. The Bertz CT molecular complexity index is 2630. The van der Waals surface area contributed by atoms with Crippen molar-refractivity contribution in [3.05, 3.63) is 204 Å². The quantitative estimate of drug-likeness (QED) is 0.0197. The molecule has 0 amide bonds. The maximum atomic E-state index is 14.3. The summed E-state index contributed by atoms with van der Waals surface area (Å²) in [5.41, 5.74) is 0.232. The lowest BCUT2D eigenvalue weighted by atomic mass is 10.0. The number of hydrogen-bond donors (Lipinski definition) is 0. The molecule has 0 aromatic heterocycles. The lowest BCUT2D eigenvalue weighted by molar-refractivity contribution is -0.109. The Morgan fingerprint density at radius 1 is 0.530 bits per heavy atom. The van der Waals surface area contributed by atoms with Crippen LogP contribution in [0.15, 0.2) is 187 Å². The molecule has 6 rings (SSSR count). The highest BCUT2D eigenvalue weighted by atomic mass is 32.2. The molecule has 0 aliphatic heterocycles. The van der Waals surface area contributed by atoms with Crippen LogP contribution in [0.2, 0.25) is 5.04 Å². The van der Waals surface area contributed by atoms with E-state index in [1.54, 1.807) is 72.8 Å². The zero-order chi connectivity index (χ0) is 47.2. The first-order valence-electron chi connectivity index (χ1n) is 20.9. The van der Waals surface area contributed by atoms with Crippen molar-refractivity contribution < 1.29 is 55.3 Å². The highest BCUT2D eigenvalue weighted by molar-refractivity contribution is 7.86. The van der Waals surface area contributed by atoms with Gasteiger partial charge in [-0.1, -0.05) is 154 Å². The molecule has 0 unspecified atom stereocenters. The molecule has 13 nitrogen and oxygen atoms in total. The molecule has 0 saturated heterocycles. The van der Waals surface area contributed by atoms with Gasteiger partial charge < -0.3 is 23.5 Å². The van der Waals surface area contributed by atoms with Crippen molar-refractivity contribution in [1.29, 1.82) is 0 Å². The van der Waals surface area contributed by atoms with Crippen molar-refractivity contribution in [3.8, 4) is 0 Å². The summed E-state index contributed by atoms with van der Waals surface area (Å²) in [5, 5.41) is 5.67. The van der Waals surface area contributed by atoms with E-state index in [2.05, 4.69) is 5.16 Å². The molecular formula is C51H49NO12SSi. The van der Waals surface area contributed by atoms with Crippen LogP contribution < -0.4 is 10.4 Å². The molecule has 0 heterocycles. The van der Waals surface area contributed by atoms with Crippen molar-refractivity contribution in [1.82, 2.24) is 0 Å². The molecule has 6 aromatic carbocycles. The smallest absolute Gasteiger partial charge is 0.354 e. The van der Waals surface area contributed by atoms with Gasteiger partial charge in [0.05, 0.1) is 34.7 Å². The van der Waals surface area contributed by atoms with E-state index in [0.29, 0.717) is 0 Å². The lowest BCUT2D eigenvalue weighted by Crippen LogP contribution is -2.65. The first kappa shape index (κ1) is 48.3. The molecule has 0 aliphatic carbocycles. The van der Waals surface area contributed by atoms with Gasteiger partial charge in [-0.25, -0.2) is 19.2 Å². The topological polar surface area (TPSA) is 170 Å². The molecular weight excluding hydrogens is 879 g/mol. The van der Waals surface area contributed by atoms with Crippen LogP contribution >= 0.6 is 0 Å². The zero-order valence-electron chi connectivity index (χ0n) is 36.7. The van der Waals surface area contributed by atoms with Crippen molar-refractivity contribution in [3.63, 3.8) is 0 Å². The van der Waals surface area contributed by atoms with Crippen LogP contribution in [0.1, 0.15) is 62.2 Å². The van der Waals surface area contributed by atoms with Gasteiger partial charge in [-0.15, -0.1) is 5.16 Å². The fraction of sp³-hybridized carbons (Fsp3) is 0.196.